The molecule has 1 unspecified atom stereocenters. The molecule has 0 aromatic heterocycles. The SMILES string of the molecule is CC(Cl)C(=O)OOC(=O)c1cccc(Cl)c1. The summed E-state index contributed by atoms with van der Waals surface area (Å²) in [7, 11) is 0. The molecule has 1 aromatic rings. The molecule has 0 spiro atoms. The molecule has 6 heteroatoms. The summed E-state index contributed by atoms with van der Waals surface area (Å²) in [6.45, 7) is 1.40. The minimum atomic E-state index is -0.882. The first-order valence-corrected chi connectivity index (χ1v) is 5.14. The molecule has 4 nitrogen and oxygen atoms in total. The zero-order valence-corrected chi connectivity index (χ0v) is 9.79. The lowest BCUT2D eigenvalue weighted by Crippen LogP contribution is -2.17. The number of carbonyl (C=O) groups is 2. The highest BCUT2D eigenvalue weighted by molar-refractivity contribution is 6.31. The molecule has 0 fully saturated rings. The molecular weight excluding hydrogens is 255 g/mol. The first-order chi connectivity index (χ1) is 7.50. The topological polar surface area (TPSA) is 52.6 Å². The third-order valence-electron chi connectivity index (χ3n) is 1.58. The van der Waals surface area contributed by atoms with Crippen molar-refractivity contribution in [3.63, 3.8) is 0 Å². The van der Waals surface area contributed by atoms with Crippen molar-refractivity contribution in [1.82, 2.24) is 0 Å². The fourth-order valence-corrected chi connectivity index (χ4v) is 1.04. The normalized spacial score (nSPS) is 11.7. The van der Waals surface area contributed by atoms with Crippen molar-refractivity contribution in [3.8, 4) is 0 Å². The Bertz CT molecular complexity index is 404. The smallest absolute Gasteiger partial charge is 0.246 e. The number of halogens is 2. The van der Waals surface area contributed by atoms with Crippen LogP contribution in [0.2, 0.25) is 5.02 Å². The summed E-state index contributed by atoms with van der Waals surface area (Å²) in [5.74, 6) is -1.65. The summed E-state index contributed by atoms with van der Waals surface area (Å²) >= 11 is 11.1. The Labute approximate surface area is 102 Å². The van der Waals surface area contributed by atoms with E-state index in [2.05, 4.69) is 9.78 Å². The monoisotopic (exact) mass is 262 g/mol. The van der Waals surface area contributed by atoms with Gasteiger partial charge in [-0.3, -0.25) is 0 Å². The lowest BCUT2D eigenvalue weighted by molar-refractivity contribution is -0.233. The van der Waals surface area contributed by atoms with Crippen molar-refractivity contribution in [2.24, 2.45) is 0 Å². The Morgan fingerprint density at radius 3 is 2.56 bits per heavy atom. The largest absolute Gasteiger partial charge is 0.386 e. The molecular formula is C10H8Cl2O4. The van der Waals surface area contributed by atoms with E-state index in [4.69, 9.17) is 23.2 Å². The van der Waals surface area contributed by atoms with E-state index in [0.29, 0.717) is 5.02 Å². The van der Waals surface area contributed by atoms with Crippen LogP contribution in [0.4, 0.5) is 0 Å². The molecule has 0 bridgehead atoms. The standard InChI is InChI=1S/C10H8Cl2O4/c1-6(11)9(13)15-16-10(14)7-3-2-4-8(12)5-7/h2-6H,1H3. The number of rotatable bonds is 2. The van der Waals surface area contributed by atoms with Crippen LogP contribution >= 0.6 is 23.2 Å². The van der Waals surface area contributed by atoms with Crippen molar-refractivity contribution < 1.29 is 19.4 Å². The van der Waals surface area contributed by atoms with Gasteiger partial charge < -0.3 is 0 Å². The maximum atomic E-state index is 11.3. The molecule has 0 aliphatic carbocycles. The van der Waals surface area contributed by atoms with Crippen LogP contribution in [0.5, 0.6) is 0 Å². The minimum absolute atomic E-state index is 0.183. The molecule has 0 saturated carbocycles. The lowest BCUT2D eigenvalue weighted by atomic mass is 10.2. The number of carbonyl (C=O) groups excluding carboxylic acids is 2. The Kier molecular flexibility index (Phi) is 4.58. The molecule has 0 amide bonds. The van der Waals surface area contributed by atoms with E-state index in [0.717, 1.165) is 0 Å². The van der Waals surface area contributed by atoms with Gasteiger partial charge in [-0.15, -0.1) is 11.6 Å². The van der Waals surface area contributed by atoms with Crippen LogP contribution in [0.1, 0.15) is 17.3 Å². The highest BCUT2D eigenvalue weighted by Gasteiger charge is 2.16. The first-order valence-electron chi connectivity index (χ1n) is 4.33. The van der Waals surface area contributed by atoms with E-state index in [1.165, 1.54) is 19.1 Å². The quantitative estimate of drug-likeness (QED) is 0.467. The predicted octanol–water partition coefficient (Wildman–Crippen LogP) is 2.58. The van der Waals surface area contributed by atoms with E-state index < -0.39 is 17.3 Å². The van der Waals surface area contributed by atoms with E-state index in [1.54, 1.807) is 12.1 Å². The van der Waals surface area contributed by atoms with E-state index >= 15 is 0 Å². The van der Waals surface area contributed by atoms with Gasteiger partial charge in [0.15, 0.2) is 0 Å². The van der Waals surface area contributed by atoms with Crippen molar-refractivity contribution in [1.29, 1.82) is 0 Å². The average Bonchev–Trinajstić information content (AvgIpc) is 2.25. The van der Waals surface area contributed by atoms with Gasteiger partial charge in [0.25, 0.3) is 0 Å². The van der Waals surface area contributed by atoms with E-state index in [9.17, 15) is 9.59 Å². The second-order valence-electron chi connectivity index (χ2n) is 2.90. The van der Waals surface area contributed by atoms with Crippen LogP contribution < -0.4 is 0 Å². The van der Waals surface area contributed by atoms with Gasteiger partial charge in [0.1, 0.15) is 5.38 Å². The van der Waals surface area contributed by atoms with Gasteiger partial charge in [0, 0.05) is 5.02 Å². The summed E-state index contributed by atoms with van der Waals surface area (Å²) in [6, 6.07) is 6.05. The van der Waals surface area contributed by atoms with Crippen LogP contribution in [0, 0.1) is 0 Å². The van der Waals surface area contributed by atoms with E-state index in [-0.39, 0.29) is 5.56 Å². The predicted molar refractivity (Wildman–Crippen MR) is 58.3 cm³/mol. The van der Waals surface area contributed by atoms with E-state index in [1.807, 2.05) is 0 Å². The zero-order chi connectivity index (χ0) is 12.1. The summed E-state index contributed by atoms with van der Waals surface area (Å²) in [5, 5.41) is -0.501. The summed E-state index contributed by atoms with van der Waals surface area (Å²) in [4.78, 5) is 30.7. The van der Waals surface area contributed by atoms with Crippen molar-refractivity contribution >= 4 is 35.1 Å². The van der Waals surface area contributed by atoms with Crippen LogP contribution in [0.25, 0.3) is 0 Å². The van der Waals surface area contributed by atoms with Gasteiger partial charge in [0.05, 0.1) is 5.56 Å². The maximum absolute atomic E-state index is 11.3. The third-order valence-corrected chi connectivity index (χ3v) is 2.00. The Balaban J connectivity index is 2.57. The fraction of sp³-hybridized carbons (Fsp3) is 0.200. The lowest BCUT2D eigenvalue weighted by Gasteiger charge is -2.04. The van der Waals surface area contributed by atoms with Gasteiger partial charge >= 0.3 is 11.9 Å². The van der Waals surface area contributed by atoms with Crippen molar-refractivity contribution in [2.75, 3.05) is 0 Å². The summed E-state index contributed by atoms with van der Waals surface area (Å²) in [5.41, 5.74) is 0.183. The molecule has 1 rings (SSSR count). The van der Waals surface area contributed by atoms with Gasteiger partial charge in [0.2, 0.25) is 0 Å². The van der Waals surface area contributed by atoms with Crippen LogP contribution in [-0.2, 0) is 14.6 Å². The molecule has 86 valence electrons. The van der Waals surface area contributed by atoms with Crippen molar-refractivity contribution in [2.45, 2.75) is 12.3 Å². The van der Waals surface area contributed by atoms with Crippen LogP contribution in [-0.4, -0.2) is 17.3 Å². The number of hydrogen-bond acceptors (Lipinski definition) is 4. The fourth-order valence-electron chi connectivity index (χ4n) is 0.809. The number of alkyl halides is 1. The minimum Gasteiger partial charge on any atom is -0.246 e. The molecule has 0 aliphatic rings. The molecule has 0 aliphatic heterocycles. The summed E-state index contributed by atoms with van der Waals surface area (Å²) < 4.78 is 0. The van der Waals surface area contributed by atoms with Gasteiger partial charge in [-0.05, 0) is 25.1 Å². The van der Waals surface area contributed by atoms with Crippen LogP contribution in [0.15, 0.2) is 24.3 Å². The highest BCUT2D eigenvalue weighted by atomic mass is 35.5. The molecule has 0 radical (unpaired) electrons. The average molecular weight is 263 g/mol. The Morgan fingerprint density at radius 1 is 1.31 bits per heavy atom. The molecule has 0 N–H and O–H groups in total. The molecule has 1 aromatic carbocycles. The molecule has 0 heterocycles. The third kappa shape index (κ3) is 3.72. The zero-order valence-electron chi connectivity index (χ0n) is 8.28. The second-order valence-corrected chi connectivity index (χ2v) is 3.99. The molecule has 1 atom stereocenters. The molecule has 16 heavy (non-hydrogen) atoms. The van der Waals surface area contributed by atoms with Gasteiger partial charge in [-0.25, -0.2) is 19.4 Å². The van der Waals surface area contributed by atoms with Crippen LogP contribution in [0.3, 0.4) is 0 Å². The van der Waals surface area contributed by atoms with Crippen molar-refractivity contribution in [3.05, 3.63) is 34.9 Å². The van der Waals surface area contributed by atoms with Gasteiger partial charge in [-0.1, -0.05) is 17.7 Å². The highest BCUT2D eigenvalue weighted by Crippen LogP contribution is 2.11. The second kappa shape index (κ2) is 5.72. The maximum Gasteiger partial charge on any atom is 0.386 e. The Morgan fingerprint density at radius 2 is 2.00 bits per heavy atom. The Hall–Kier alpha value is -1.26. The summed E-state index contributed by atoms with van der Waals surface area (Å²) in [6.07, 6.45) is 0. The number of benzene rings is 1. The number of hydrogen-bond donors (Lipinski definition) is 0. The van der Waals surface area contributed by atoms with Gasteiger partial charge in [-0.2, -0.15) is 0 Å². The molecule has 0 saturated heterocycles. The first kappa shape index (κ1) is 12.8.